The largest absolute Gasteiger partial charge is 0.508 e. The van der Waals surface area contributed by atoms with E-state index >= 15 is 0 Å². The van der Waals surface area contributed by atoms with Crippen LogP contribution in [0.4, 0.5) is 0 Å². The molecule has 1 aromatic heterocycles. The van der Waals surface area contributed by atoms with Crippen molar-refractivity contribution in [2.24, 2.45) is 0 Å². The molecule has 0 aliphatic rings. The van der Waals surface area contributed by atoms with Gasteiger partial charge in [0, 0.05) is 18.7 Å². The Balaban J connectivity index is 1.80. The van der Waals surface area contributed by atoms with Crippen molar-refractivity contribution in [1.82, 2.24) is 4.90 Å². The van der Waals surface area contributed by atoms with Crippen molar-refractivity contribution in [2.75, 3.05) is 7.11 Å². The molecular formula is C20H21NO3. The zero-order valence-electron chi connectivity index (χ0n) is 13.7. The van der Waals surface area contributed by atoms with Crippen LogP contribution >= 0.6 is 0 Å². The number of rotatable bonds is 7. The van der Waals surface area contributed by atoms with Crippen LogP contribution in [0, 0.1) is 0 Å². The quantitative estimate of drug-likeness (QED) is 0.708. The first-order chi connectivity index (χ1) is 11.7. The standard InChI is InChI=1S/C20H21NO3/c1-23-18-8-4-6-16(12-18)13-21(15-19-9-5-11-24-19)14-17-7-2-3-10-20(17)22/h2-12,22H,13-15H2,1H3. The Morgan fingerprint density at radius 2 is 1.83 bits per heavy atom. The molecule has 4 nitrogen and oxygen atoms in total. The number of aromatic hydroxyl groups is 1. The van der Waals surface area contributed by atoms with E-state index < -0.39 is 0 Å². The molecule has 0 unspecified atom stereocenters. The summed E-state index contributed by atoms with van der Waals surface area (Å²) in [5.74, 6) is 2.05. The number of phenols is 1. The second-order valence-corrected chi connectivity index (χ2v) is 5.70. The lowest BCUT2D eigenvalue weighted by Gasteiger charge is -2.22. The summed E-state index contributed by atoms with van der Waals surface area (Å²) in [5.41, 5.74) is 2.04. The zero-order chi connectivity index (χ0) is 16.8. The molecule has 124 valence electrons. The van der Waals surface area contributed by atoms with E-state index in [1.165, 1.54) is 0 Å². The Hall–Kier alpha value is -2.72. The molecule has 0 radical (unpaired) electrons. The highest BCUT2D eigenvalue weighted by atomic mass is 16.5. The molecule has 4 heteroatoms. The number of hydrogen-bond acceptors (Lipinski definition) is 4. The predicted octanol–water partition coefficient (Wildman–Crippen LogP) is 4.20. The van der Waals surface area contributed by atoms with E-state index in [4.69, 9.17) is 9.15 Å². The van der Waals surface area contributed by atoms with Gasteiger partial charge in [-0.3, -0.25) is 4.90 Å². The molecule has 24 heavy (non-hydrogen) atoms. The number of para-hydroxylation sites is 1. The van der Waals surface area contributed by atoms with E-state index in [9.17, 15) is 5.11 Å². The van der Waals surface area contributed by atoms with Gasteiger partial charge in [-0.1, -0.05) is 30.3 Å². The fourth-order valence-electron chi connectivity index (χ4n) is 2.71. The first-order valence-corrected chi connectivity index (χ1v) is 7.89. The van der Waals surface area contributed by atoms with E-state index in [0.29, 0.717) is 18.8 Å². The lowest BCUT2D eigenvalue weighted by atomic mass is 10.1. The van der Waals surface area contributed by atoms with E-state index in [-0.39, 0.29) is 0 Å². The van der Waals surface area contributed by atoms with Crippen LogP contribution in [-0.4, -0.2) is 17.1 Å². The average Bonchev–Trinajstić information content (AvgIpc) is 3.10. The summed E-state index contributed by atoms with van der Waals surface area (Å²) in [5, 5.41) is 10.1. The van der Waals surface area contributed by atoms with Crippen molar-refractivity contribution < 1.29 is 14.3 Å². The molecular weight excluding hydrogens is 302 g/mol. The van der Waals surface area contributed by atoms with Crippen LogP contribution in [0.2, 0.25) is 0 Å². The Labute approximate surface area is 141 Å². The summed E-state index contributed by atoms with van der Waals surface area (Å²) in [6.45, 7) is 2.02. The van der Waals surface area contributed by atoms with Crippen molar-refractivity contribution in [1.29, 1.82) is 0 Å². The number of phenolic OH excluding ortho intramolecular Hbond substituents is 1. The van der Waals surface area contributed by atoms with Gasteiger partial charge in [0.15, 0.2) is 0 Å². The third-order valence-corrected chi connectivity index (χ3v) is 3.89. The molecule has 0 bridgehead atoms. The summed E-state index contributed by atoms with van der Waals surface area (Å²) in [6, 6.07) is 19.3. The lowest BCUT2D eigenvalue weighted by molar-refractivity contribution is 0.224. The Bertz CT molecular complexity index is 768. The number of benzene rings is 2. The van der Waals surface area contributed by atoms with E-state index in [2.05, 4.69) is 11.0 Å². The van der Waals surface area contributed by atoms with Gasteiger partial charge in [0.2, 0.25) is 0 Å². The number of furan rings is 1. The summed E-state index contributed by atoms with van der Waals surface area (Å²) < 4.78 is 10.8. The second kappa shape index (κ2) is 7.70. The highest BCUT2D eigenvalue weighted by Gasteiger charge is 2.12. The van der Waals surface area contributed by atoms with Gasteiger partial charge in [-0.05, 0) is 35.9 Å². The van der Waals surface area contributed by atoms with Crippen LogP contribution in [0.5, 0.6) is 11.5 Å². The smallest absolute Gasteiger partial charge is 0.120 e. The molecule has 0 spiro atoms. The van der Waals surface area contributed by atoms with E-state index in [1.54, 1.807) is 19.4 Å². The van der Waals surface area contributed by atoms with Crippen molar-refractivity contribution in [3.63, 3.8) is 0 Å². The minimum atomic E-state index is 0.313. The predicted molar refractivity (Wildman–Crippen MR) is 92.8 cm³/mol. The maximum atomic E-state index is 10.1. The van der Waals surface area contributed by atoms with Crippen molar-refractivity contribution >= 4 is 0 Å². The third kappa shape index (κ3) is 4.18. The molecule has 3 rings (SSSR count). The molecule has 0 fully saturated rings. The average molecular weight is 323 g/mol. The monoisotopic (exact) mass is 323 g/mol. The second-order valence-electron chi connectivity index (χ2n) is 5.70. The first-order valence-electron chi connectivity index (χ1n) is 7.89. The van der Waals surface area contributed by atoms with Gasteiger partial charge in [0.1, 0.15) is 17.3 Å². The van der Waals surface area contributed by atoms with Gasteiger partial charge in [-0.25, -0.2) is 0 Å². The van der Waals surface area contributed by atoms with Crippen molar-refractivity contribution in [2.45, 2.75) is 19.6 Å². The summed E-state index contributed by atoms with van der Waals surface area (Å²) in [4.78, 5) is 2.22. The fraction of sp³-hybridized carbons (Fsp3) is 0.200. The topological polar surface area (TPSA) is 45.8 Å². The molecule has 0 saturated heterocycles. The van der Waals surface area contributed by atoms with E-state index in [0.717, 1.165) is 29.2 Å². The van der Waals surface area contributed by atoms with Gasteiger partial charge < -0.3 is 14.3 Å². The normalized spacial score (nSPS) is 10.9. The number of hydrogen-bond donors (Lipinski definition) is 1. The molecule has 3 aromatic rings. The molecule has 0 atom stereocenters. The third-order valence-electron chi connectivity index (χ3n) is 3.89. The maximum absolute atomic E-state index is 10.1. The molecule has 0 amide bonds. The molecule has 0 aliphatic carbocycles. The SMILES string of the molecule is COc1cccc(CN(Cc2ccco2)Cc2ccccc2O)c1. The van der Waals surface area contributed by atoms with Crippen LogP contribution in [0.15, 0.2) is 71.3 Å². The highest BCUT2D eigenvalue weighted by molar-refractivity contribution is 5.32. The van der Waals surface area contributed by atoms with Crippen LogP contribution in [0.25, 0.3) is 0 Å². The van der Waals surface area contributed by atoms with Gasteiger partial charge in [-0.2, -0.15) is 0 Å². The Morgan fingerprint density at radius 3 is 2.58 bits per heavy atom. The fourth-order valence-corrected chi connectivity index (χ4v) is 2.71. The molecule has 0 saturated carbocycles. The summed E-state index contributed by atoms with van der Waals surface area (Å²) in [6.07, 6.45) is 1.68. The van der Waals surface area contributed by atoms with Crippen LogP contribution in [-0.2, 0) is 19.6 Å². The Kier molecular flexibility index (Phi) is 5.18. The number of nitrogens with zero attached hydrogens (tertiary/aromatic N) is 1. The number of ether oxygens (including phenoxy) is 1. The molecule has 0 aliphatic heterocycles. The molecule has 2 aromatic carbocycles. The number of methoxy groups -OCH3 is 1. The highest BCUT2D eigenvalue weighted by Crippen LogP contribution is 2.22. The minimum absolute atomic E-state index is 0.313. The van der Waals surface area contributed by atoms with Crippen LogP contribution < -0.4 is 4.74 Å². The van der Waals surface area contributed by atoms with Gasteiger partial charge in [-0.15, -0.1) is 0 Å². The van der Waals surface area contributed by atoms with Crippen molar-refractivity contribution in [3.8, 4) is 11.5 Å². The van der Waals surface area contributed by atoms with Crippen LogP contribution in [0.1, 0.15) is 16.9 Å². The van der Waals surface area contributed by atoms with Crippen LogP contribution in [0.3, 0.4) is 0 Å². The minimum Gasteiger partial charge on any atom is -0.508 e. The molecule has 1 N–H and O–H groups in total. The lowest BCUT2D eigenvalue weighted by Crippen LogP contribution is -2.22. The summed E-state index contributed by atoms with van der Waals surface area (Å²) in [7, 11) is 1.67. The first kappa shape index (κ1) is 16.1. The summed E-state index contributed by atoms with van der Waals surface area (Å²) >= 11 is 0. The Morgan fingerprint density at radius 1 is 0.958 bits per heavy atom. The van der Waals surface area contributed by atoms with E-state index in [1.807, 2.05) is 48.5 Å². The zero-order valence-corrected chi connectivity index (χ0v) is 13.7. The van der Waals surface area contributed by atoms with Gasteiger partial charge in [0.25, 0.3) is 0 Å². The van der Waals surface area contributed by atoms with Crippen molar-refractivity contribution in [3.05, 3.63) is 83.8 Å². The van der Waals surface area contributed by atoms with Gasteiger partial charge >= 0.3 is 0 Å². The van der Waals surface area contributed by atoms with Gasteiger partial charge in [0.05, 0.1) is 19.9 Å². The molecule has 1 heterocycles. The maximum Gasteiger partial charge on any atom is 0.120 e.